The highest BCUT2D eigenvalue weighted by molar-refractivity contribution is 5.85. The summed E-state index contributed by atoms with van der Waals surface area (Å²) < 4.78 is 111. The molecule has 4 aromatic rings. The fraction of sp³-hybridized carbons (Fsp3) is 0.306. The lowest BCUT2D eigenvalue weighted by molar-refractivity contribution is -0.139. The predicted molar refractivity (Wildman–Crippen MR) is 170 cm³/mol. The number of carbonyl (C=O) groups excluding carboxylic acids is 1. The van der Waals surface area contributed by atoms with Crippen LogP contribution in [0.5, 0.6) is 11.5 Å². The topological polar surface area (TPSA) is 101 Å². The van der Waals surface area contributed by atoms with E-state index in [4.69, 9.17) is 4.74 Å². The van der Waals surface area contributed by atoms with Crippen molar-refractivity contribution in [2.45, 2.75) is 51.1 Å². The molecule has 1 aromatic heterocycles. The number of fused-ring (bicyclic) bond motifs is 6. The molecule has 1 saturated heterocycles. The van der Waals surface area contributed by atoms with Crippen molar-refractivity contribution in [3.05, 3.63) is 116 Å². The van der Waals surface area contributed by atoms with Gasteiger partial charge in [0.15, 0.2) is 0 Å². The average Bonchev–Trinajstić information content (AvgIpc) is 3.02. The second kappa shape index (κ2) is 13.5. The van der Waals surface area contributed by atoms with Gasteiger partial charge in [0, 0.05) is 54.2 Å². The first kappa shape index (κ1) is 35.6. The Labute approximate surface area is 286 Å². The van der Waals surface area contributed by atoms with Gasteiger partial charge >= 0.3 is 12.1 Å². The van der Waals surface area contributed by atoms with E-state index in [2.05, 4.69) is 5.32 Å². The summed E-state index contributed by atoms with van der Waals surface area (Å²) in [5, 5.41) is 12.0. The third kappa shape index (κ3) is 6.94. The number of aryl methyl sites for hydroxylation is 2. The van der Waals surface area contributed by atoms with E-state index in [1.54, 1.807) is 24.0 Å². The van der Waals surface area contributed by atoms with Crippen LogP contribution in [0.1, 0.15) is 51.9 Å². The largest absolute Gasteiger partial charge is 0.481 e. The normalized spacial score (nSPS) is 18.0. The molecular formula is C36H30F7N3O5. The Morgan fingerprint density at radius 2 is 1.73 bits per heavy atom. The maximum Gasteiger partial charge on any atom is 0.416 e. The lowest BCUT2D eigenvalue weighted by atomic mass is 9.91. The third-order valence-corrected chi connectivity index (χ3v) is 9.06. The summed E-state index contributed by atoms with van der Waals surface area (Å²) in [6.45, 7) is 2.87. The quantitative estimate of drug-likeness (QED) is 0.213. The maximum absolute atomic E-state index is 16.6. The Kier molecular flexibility index (Phi) is 9.44. The van der Waals surface area contributed by atoms with Crippen molar-refractivity contribution in [3.8, 4) is 22.6 Å². The van der Waals surface area contributed by atoms with Crippen LogP contribution in [0.4, 0.5) is 30.7 Å². The van der Waals surface area contributed by atoms with Gasteiger partial charge in [0.1, 0.15) is 41.2 Å². The lowest BCUT2D eigenvalue weighted by Crippen LogP contribution is -2.49. The van der Waals surface area contributed by atoms with E-state index in [-0.39, 0.29) is 60.3 Å². The van der Waals surface area contributed by atoms with Gasteiger partial charge in [-0.2, -0.15) is 13.2 Å². The van der Waals surface area contributed by atoms with Crippen molar-refractivity contribution in [2.75, 3.05) is 19.6 Å². The fourth-order valence-electron chi connectivity index (χ4n) is 6.57. The van der Waals surface area contributed by atoms with E-state index in [0.717, 1.165) is 18.3 Å². The number of carbonyl (C=O) groups is 2. The first-order chi connectivity index (χ1) is 24.0. The number of amides is 1. The van der Waals surface area contributed by atoms with Gasteiger partial charge in [0.25, 0.3) is 5.56 Å². The molecule has 3 aromatic carbocycles. The number of hydrogen-bond donors (Lipinski definition) is 2. The van der Waals surface area contributed by atoms with Crippen molar-refractivity contribution in [1.29, 1.82) is 0 Å². The molecular weight excluding hydrogens is 687 g/mol. The van der Waals surface area contributed by atoms with E-state index >= 15 is 13.2 Å². The molecule has 0 radical (unpaired) electrons. The highest BCUT2D eigenvalue weighted by Crippen LogP contribution is 2.42. The van der Waals surface area contributed by atoms with Crippen molar-refractivity contribution in [3.63, 3.8) is 0 Å². The van der Waals surface area contributed by atoms with E-state index < -0.39 is 88.0 Å². The molecule has 2 atom stereocenters. The van der Waals surface area contributed by atoms with Crippen molar-refractivity contribution in [2.24, 2.45) is 0 Å². The van der Waals surface area contributed by atoms with Crippen LogP contribution in [0, 0.1) is 31.3 Å². The maximum atomic E-state index is 16.6. The molecule has 1 fully saturated rings. The number of benzene rings is 3. The first-order valence-electron chi connectivity index (χ1n) is 15.8. The molecule has 0 aliphatic carbocycles. The molecule has 15 heteroatoms. The molecule has 51 heavy (non-hydrogen) atoms. The number of aliphatic carboxylic acids is 1. The van der Waals surface area contributed by atoms with Gasteiger partial charge in [0.05, 0.1) is 18.0 Å². The van der Waals surface area contributed by atoms with E-state index in [1.807, 2.05) is 0 Å². The molecule has 4 bridgehead atoms. The summed E-state index contributed by atoms with van der Waals surface area (Å²) in [6, 6.07) is 5.12. The van der Waals surface area contributed by atoms with Crippen LogP contribution in [-0.2, 0) is 22.2 Å². The number of carboxylic acids is 1. The Morgan fingerprint density at radius 1 is 1.00 bits per heavy atom. The van der Waals surface area contributed by atoms with Gasteiger partial charge < -0.3 is 15.2 Å². The van der Waals surface area contributed by atoms with E-state index in [9.17, 15) is 37.1 Å². The SMILES string of the molecule is Cc1cc2c(F)c(c1F)[C@@H](CC(=O)O)NC(=O)[C@H](n1cc(CCN3CC(F)C3)c(C(F)(F)F)cc1=O)c1cc(ccc1F)Oc1cccc(C)c1-2. The number of hydrogen-bond acceptors (Lipinski definition) is 5. The monoisotopic (exact) mass is 717 g/mol. The molecule has 2 N–H and O–H groups in total. The minimum atomic E-state index is -5.02. The zero-order chi connectivity index (χ0) is 36.9. The fourth-order valence-corrected chi connectivity index (χ4v) is 6.57. The zero-order valence-corrected chi connectivity index (χ0v) is 27.1. The predicted octanol–water partition coefficient (Wildman–Crippen LogP) is 6.79. The molecule has 8 nitrogen and oxygen atoms in total. The van der Waals surface area contributed by atoms with Crippen molar-refractivity contribution < 1.29 is 50.2 Å². The molecule has 3 heterocycles. The van der Waals surface area contributed by atoms with Gasteiger partial charge in [-0.25, -0.2) is 17.6 Å². The van der Waals surface area contributed by atoms with Gasteiger partial charge in [-0.3, -0.25) is 23.9 Å². The highest BCUT2D eigenvalue weighted by Gasteiger charge is 2.38. The summed E-state index contributed by atoms with van der Waals surface area (Å²) in [6.07, 6.45) is -6.84. The van der Waals surface area contributed by atoms with Gasteiger partial charge in [-0.15, -0.1) is 0 Å². The van der Waals surface area contributed by atoms with Gasteiger partial charge in [0.2, 0.25) is 5.91 Å². The summed E-state index contributed by atoms with van der Waals surface area (Å²) in [5.41, 5.74) is -4.32. The molecule has 0 saturated carbocycles. The number of halogens is 7. The first-order valence-corrected chi connectivity index (χ1v) is 15.8. The number of alkyl halides is 4. The van der Waals surface area contributed by atoms with E-state index in [0.29, 0.717) is 10.1 Å². The Morgan fingerprint density at radius 3 is 2.39 bits per heavy atom. The van der Waals surface area contributed by atoms with E-state index in [1.165, 1.54) is 25.1 Å². The molecule has 6 rings (SSSR count). The zero-order valence-electron chi connectivity index (χ0n) is 27.1. The lowest BCUT2D eigenvalue weighted by Gasteiger charge is -2.34. The summed E-state index contributed by atoms with van der Waals surface area (Å²) in [5.74, 6) is -6.57. The Bertz CT molecular complexity index is 2110. The second-order valence-corrected chi connectivity index (χ2v) is 12.6. The van der Waals surface area contributed by atoms with Crippen LogP contribution >= 0.6 is 0 Å². The van der Waals surface area contributed by atoms with Crippen LogP contribution in [0.25, 0.3) is 11.1 Å². The minimum absolute atomic E-state index is 0.00849. The standard InChI is InChI=1S/C36H30F7N3O5/c1-17-4-3-5-27-30(17)23-10-18(2)32(39)31(33(23)40)26(13-29(48)49)44-35(50)34(22-11-21(51-27)6-7-25(22)38)46-14-19(8-9-45-15-20(37)16-45)24(12-28(46)47)36(41,42)43/h3-7,10-12,14,20,26,34H,8-9,13,15-16H2,1-2H3,(H,44,50)(H,48,49)/t26-,34-/m1/s1. The number of carboxylic acid groups (broad SMARTS) is 1. The summed E-state index contributed by atoms with van der Waals surface area (Å²) >= 11 is 0. The van der Waals surface area contributed by atoms with Gasteiger partial charge in [-0.05, 0) is 67.3 Å². The number of aromatic nitrogens is 1. The van der Waals surface area contributed by atoms with Gasteiger partial charge in [-0.1, -0.05) is 12.1 Å². The minimum Gasteiger partial charge on any atom is -0.481 e. The number of rotatable bonds is 6. The molecule has 1 amide bonds. The van der Waals surface area contributed by atoms with Crippen LogP contribution in [0.3, 0.4) is 0 Å². The van der Waals surface area contributed by atoms with Crippen LogP contribution in [0.15, 0.2) is 59.5 Å². The van der Waals surface area contributed by atoms with Crippen LogP contribution in [0.2, 0.25) is 0 Å². The van der Waals surface area contributed by atoms with Crippen LogP contribution in [-0.4, -0.2) is 52.3 Å². The summed E-state index contributed by atoms with van der Waals surface area (Å²) in [4.78, 5) is 41.3. The number of ether oxygens (including phenoxy) is 1. The highest BCUT2D eigenvalue weighted by atomic mass is 19.4. The Balaban J connectivity index is 1.60. The Hall–Kier alpha value is -5.18. The smallest absolute Gasteiger partial charge is 0.416 e. The molecule has 2 aliphatic rings. The molecule has 2 aliphatic heterocycles. The molecule has 0 unspecified atom stereocenters. The average molecular weight is 718 g/mol. The number of pyridine rings is 1. The molecule has 268 valence electrons. The summed E-state index contributed by atoms with van der Waals surface area (Å²) in [7, 11) is 0. The van der Waals surface area contributed by atoms with Crippen molar-refractivity contribution >= 4 is 11.9 Å². The number of nitrogens with one attached hydrogen (secondary N) is 1. The second-order valence-electron chi connectivity index (χ2n) is 12.6. The van der Waals surface area contributed by atoms with Crippen molar-refractivity contribution in [1.82, 2.24) is 14.8 Å². The number of likely N-dealkylation sites (tertiary alicyclic amines) is 1. The third-order valence-electron chi connectivity index (χ3n) is 9.06. The molecule has 0 spiro atoms. The van der Waals surface area contributed by atoms with Crippen LogP contribution < -0.4 is 15.6 Å². The number of nitrogens with zero attached hydrogens (tertiary/aromatic N) is 2.